The summed E-state index contributed by atoms with van der Waals surface area (Å²) in [6, 6.07) is 0. The predicted octanol–water partition coefficient (Wildman–Crippen LogP) is 0.810. The minimum absolute atomic E-state index is 1.13. The maximum Gasteiger partial charge on any atom is 0.0164 e. The molecule has 1 saturated heterocycles. The third-order valence-corrected chi connectivity index (χ3v) is 2.20. The van der Waals surface area contributed by atoms with Gasteiger partial charge in [0.25, 0.3) is 0 Å². The van der Waals surface area contributed by atoms with Gasteiger partial charge in [-0.15, -0.1) is 0 Å². The Labute approximate surface area is 69.5 Å². The Balaban J connectivity index is 2.17. The molecule has 1 rings (SSSR count). The van der Waals surface area contributed by atoms with Gasteiger partial charge in [0.2, 0.25) is 0 Å². The molecule has 0 spiro atoms. The van der Waals surface area contributed by atoms with Crippen LogP contribution in [0.2, 0.25) is 0 Å². The Morgan fingerprint density at radius 2 is 1.82 bits per heavy atom. The highest BCUT2D eigenvalue weighted by atomic mass is 15.2. The molecule has 0 amide bonds. The standard InChI is InChI=1S/C9H18N2/c1-3-4-5-11-8-6-10(2)7-9-11/h3-4H,5-9H2,1-2H3/b4-3-. The molecule has 1 aliphatic heterocycles. The molecule has 64 valence electrons. The molecule has 0 aromatic rings. The van der Waals surface area contributed by atoms with Crippen molar-refractivity contribution in [1.82, 2.24) is 9.80 Å². The molecule has 2 nitrogen and oxygen atoms in total. The highest BCUT2D eigenvalue weighted by Gasteiger charge is 2.11. The van der Waals surface area contributed by atoms with Gasteiger partial charge in [-0.2, -0.15) is 0 Å². The van der Waals surface area contributed by atoms with Crippen LogP contribution in [0.15, 0.2) is 12.2 Å². The molecule has 0 radical (unpaired) electrons. The monoisotopic (exact) mass is 154 g/mol. The summed E-state index contributed by atoms with van der Waals surface area (Å²) < 4.78 is 0. The first-order valence-electron chi connectivity index (χ1n) is 4.35. The fourth-order valence-corrected chi connectivity index (χ4v) is 1.28. The molecule has 11 heavy (non-hydrogen) atoms. The largest absolute Gasteiger partial charge is 0.304 e. The molecule has 0 aromatic heterocycles. The maximum absolute atomic E-state index is 2.49. The second kappa shape index (κ2) is 4.52. The van der Waals surface area contributed by atoms with Gasteiger partial charge in [0, 0.05) is 32.7 Å². The minimum Gasteiger partial charge on any atom is -0.304 e. The number of piperazine rings is 1. The van der Waals surface area contributed by atoms with Crippen molar-refractivity contribution in [3.8, 4) is 0 Å². The molecular weight excluding hydrogens is 136 g/mol. The van der Waals surface area contributed by atoms with Crippen LogP contribution in [0.3, 0.4) is 0 Å². The van der Waals surface area contributed by atoms with Gasteiger partial charge in [-0.3, -0.25) is 4.90 Å². The average molecular weight is 154 g/mol. The van der Waals surface area contributed by atoms with Crippen LogP contribution in [-0.2, 0) is 0 Å². The molecular formula is C9H18N2. The zero-order valence-corrected chi connectivity index (χ0v) is 7.58. The molecule has 1 aliphatic rings. The number of hydrogen-bond donors (Lipinski definition) is 0. The number of likely N-dealkylation sites (N-methyl/N-ethyl adjacent to an activating group) is 1. The lowest BCUT2D eigenvalue weighted by Crippen LogP contribution is -2.44. The van der Waals surface area contributed by atoms with E-state index in [-0.39, 0.29) is 0 Å². The van der Waals surface area contributed by atoms with Crippen molar-refractivity contribution in [2.45, 2.75) is 6.92 Å². The van der Waals surface area contributed by atoms with Crippen LogP contribution in [-0.4, -0.2) is 49.6 Å². The Morgan fingerprint density at radius 1 is 1.18 bits per heavy atom. The quantitative estimate of drug-likeness (QED) is 0.543. The third kappa shape index (κ3) is 3.04. The lowest BCUT2D eigenvalue weighted by molar-refractivity contribution is 0.166. The summed E-state index contributed by atoms with van der Waals surface area (Å²) in [5, 5.41) is 0. The highest BCUT2D eigenvalue weighted by Crippen LogP contribution is 1.98. The van der Waals surface area contributed by atoms with E-state index < -0.39 is 0 Å². The van der Waals surface area contributed by atoms with Crippen molar-refractivity contribution in [2.75, 3.05) is 39.8 Å². The van der Waals surface area contributed by atoms with Gasteiger partial charge in [-0.25, -0.2) is 0 Å². The van der Waals surface area contributed by atoms with E-state index in [2.05, 4.69) is 35.9 Å². The van der Waals surface area contributed by atoms with Gasteiger partial charge in [0.15, 0.2) is 0 Å². The highest BCUT2D eigenvalue weighted by molar-refractivity contribution is 4.83. The maximum atomic E-state index is 2.49. The van der Waals surface area contributed by atoms with E-state index in [4.69, 9.17) is 0 Å². The Hall–Kier alpha value is -0.340. The molecule has 0 saturated carbocycles. The Kier molecular flexibility index (Phi) is 3.60. The van der Waals surface area contributed by atoms with Gasteiger partial charge < -0.3 is 4.90 Å². The summed E-state index contributed by atoms with van der Waals surface area (Å²) in [4.78, 5) is 4.87. The summed E-state index contributed by atoms with van der Waals surface area (Å²) in [7, 11) is 2.19. The van der Waals surface area contributed by atoms with Crippen LogP contribution in [0.4, 0.5) is 0 Å². The van der Waals surface area contributed by atoms with E-state index in [1.807, 2.05) is 0 Å². The van der Waals surface area contributed by atoms with E-state index >= 15 is 0 Å². The average Bonchev–Trinajstić information content (AvgIpc) is 2.04. The molecule has 2 heteroatoms. The summed E-state index contributed by atoms with van der Waals surface area (Å²) in [6.45, 7) is 8.09. The van der Waals surface area contributed by atoms with Crippen LogP contribution in [0.1, 0.15) is 6.92 Å². The summed E-state index contributed by atoms with van der Waals surface area (Å²) in [6.07, 6.45) is 4.35. The van der Waals surface area contributed by atoms with E-state index in [1.165, 1.54) is 26.2 Å². The van der Waals surface area contributed by atoms with Crippen molar-refractivity contribution in [1.29, 1.82) is 0 Å². The third-order valence-electron chi connectivity index (χ3n) is 2.20. The molecule has 0 atom stereocenters. The van der Waals surface area contributed by atoms with Crippen molar-refractivity contribution < 1.29 is 0 Å². The second-order valence-electron chi connectivity index (χ2n) is 3.17. The van der Waals surface area contributed by atoms with Gasteiger partial charge in [0.05, 0.1) is 0 Å². The normalized spacial score (nSPS) is 23.1. The molecule has 0 unspecified atom stereocenters. The van der Waals surface area contributed by atoms with Crippen LogP contribution in [0.25, 0.3) is 0 Å². The van der Waals surface area contributed by atoms with Crippen molar-refractivity contribution in [3.63, 3.8) is 0 Å². The number of hydrogen-bond acceptors (Lipinski definition) is 2. The summed E-state index contributed by atoms with van der Waals surface area (Å²) in [5.41, 5.74) is 0. The van der Waals surface area contributed by atoms with Crippen LogP contribution in [0.5, 0.6) is 0 Å². The topological polar surface area (TPSA) is 6.48 Å². The van der Waals surface area contributed by atoms with Gasteiger partial charge in [0.1, 0.15) is 0 Å². The zero-order chi connectivity index (χ0) is 8.10. The van der Waals surface area contributed by atoms with E-state index in [1.54, 1.807) is 0 Å². The Morgan fingerprint density at radius 3 is 2.36 bits per heavy atom. The van der Waals surface area contributed by atoms with Gasteiger partial charge >= 0.3 is 0 Å². The molecule has 0 N–H and O–H groups in total. The van der Waals surface area contributed by atoms with Crippen molar-refractivity contribution in [2.24, 2.45) is 0 Å². The smallest absolute Gasteiger partial charge is 0.0164 e. The first-order chi connectivity index (χ1) is 5.33. The molecule has 0 aliphatic carbocycles. The number of allylic oxidation sites excluding steroid dienone is 1. The minimum atomic E-state index is 1.13. The van der Waals surface area contributed by atoms with Crippen LogP contribution >= 0.6 is 0 Å². The van der Waals surface area contributed by atoms with Crippen LogP contribution < -0.4 is 0 Å². The van der Waals surface area contributed by atoms with E-state index in [0.717, 1.165) is 6.54 Å². The van der Waals surface area contributed by atoms with E-state index in [9.17, 15) is 0 Å². The second-order valence-corrected chi connectivity index (χ2v) is 3.17. The molecule has 1 heterocycles. The first kappa shape index (κ1) is 8.75. The van der Waals surface area contributed by atoms with Gasteiger partial charge in [-0.1, -0.05) is 12.2 Å². The van der Waals surface area contributed by atoms with Crippen LogP contribution in [0, 0.1) is 0 Å². The lowest BCUT2D eigenvalue weighted by atomic mass is 10.3. The zero-order valence-electron chi connectivity index (χ0n) is 7.58. The SMILES string of the molecule is C/C=C\CN1CCN(C)CC1. The van der Waals surface area contributed by atoms with Gasteiger partial charge in [-0.05, 0) is 14.0 Å². The first-order valence-corrected chi connectivity index (χ1v) is 4.35. The number of nitrogens with zero attached hydrogens (tertiary/aromatic N) is 2. The lowest BCUT2D eigenvalue weighted by Gasteiger charge is -2.31. The fraction of sp³-hybridized carbons (Fsp3) is 0.778. The molecule has 0 bridgehead atoms. The summed E-state index contributed by atoms with van der Waals surface area (Å²) in [5.74, 6) is 0. The Bertz CT molecular complexity index is 124. The summed E-state index contributed by atoms with van der Waals surface area (Å²) >= 11 is 0. The number of rotatable bonds is 2. The fourth-order valence-electron chi connectivity index (χ4n) is 1.28. The molecule has 0 aromatic carbocycles. The van der Waals surface area contributed by atoms with Crippen molar-refractivity contribution >= 4 is 0 Å². The molecule has 1 fully saturated rings. The van der Waals surface area contributed by atoms with Crippen molar-refractivity contribution in [3.05, 3.63) is 12.2 Å². The predicted molar refractivity (Wildman–Crippen MR) is 48.8 cm³/mol. The van der Waals surface area contributed by atoms with E-state index in [0.29, 0.717) is 0 Å².